The first-order chi connectivity index (χ1) is 32.5. The van der Waals surface area contributed by atoms with E-state index in [0.717, 1.165) is 22.7 Å². The maximum absolute atomic E-state index is 2.82. The summed E-state index contributed by atoms with van der Waals surface area (Å²) in [5, 5.41) is 15.7. The smallest absolute Gasteiger partial charge is 0.179 e. The van der Waals surface area contributed by atoms with E-state index in [1.807, 2.05) is 0 Å². The Labute approximate surface area is 386 Å². The van der Waals surface area contributed by atoms with Crippen LogP contribution in [0, 0.1) is 0 Å². The van der Waals surface area contributed by atoms with Gasteiger partial charge in [0.15, 0.2) is 8.07 Å². The van der Waals surface area contributed by atoms with Crippen LogP contribution in [0.1, 0.15) is 25.0 Å². The summed E-state index contributed by atoms with van der Waals surface area (Å²) in [5.74, 6) is 0. The fourth-order valence-corrected chi connectivity index (χ4v) is 16.4. The number of anilines is 3. The van der Waals surface area contributed by atoms with Crippen LogP contribution in [-0.4, -0.2) is 12.6 Å². The Morgan fingerprint density at radius 2 is 0.848 bits per heavy atom. The molecule has 0 unspecified atom stereocenters. The molecule has 0 fully saturated rings. The second kappa shape index (κ2) is 14.8. The minimum atomic E-state index is -2.82. The van der Waals surface area contributed by atoms with Gasteiger partial charge in [0.25, 0.3) is 0 Å². The lowest BCUT2D eigenvalue weighted by Gasteiger charge is -2.34. The molecule has 13 rings (SSSR count). The van der Waals surface area contributed by atoms with Crippen molar-refractivity contribution in [3.8, 4) is 5.69 Å². The molecule has 2 nitrogen and oxygen atoms in total. The van der Waals surface area contributed by atoms with Crippen molar-refractivity contribution in [2.24, 2.45) is 0 Å². The number of hydrogen-bond acceptors (Lipinski definition) is 1. The van der Waals surface area contributed by atoms with E-state index in [1.165, 1.54) is 86.0 Å². The molecular formula is C63H46N2Si. The molecule has 0 bridgehead atoms. The van der Waals surface area contributed by atoms with Crippen LogP contribution in [0.15, 0.2) is 243 Å². The van der Waals surface area contributed by atoms with Gasteiger partial charge >= 0.3 is 0 Å². The second-order valence-corrected chi connectivity index (χ2v) is 22.3. The topological polar surface area (TPSA) is 8.17 Å². The van der Waals surface area contributed by atoms with Crippen molar-refractivity contribution in [2.75, 3.05) is 4.90 Å². The van der Waals surface area contributed by atoms with Crippen LogP contribution in [0.25, 0.3) is 59.8 Å². The molecule has 1 heterocycles. The maximum Gasteiger partial charge on any atom is 0.179 e. The molecule has 0 saturated heterocycles. The van der Waals surface area contributed by atoms with Crippen molar-refractivity contribution in [2.45, 2.75) is 19.3 Å². The predicted octanol–water partition coefficient (Wildman–Crippen LogP) is 13.7. The van der Waals surface area contributed by atoms with Crippen LogP contribution in [0.3, 0.4) is 0 Å². The van der Waals surface area contributed by atoms with E-state index < -0.39 is 8.07 Å². The van der Waals surface area contributed by atoms with Gasteiger partial charge in [-0.3, -0.25) is 0 Å². The number of benzene rings is 11. The zero-order valence-electron chi connectivity index (χ0n) is 37.0. The third kappa shape index (κ3) is 5.66. The quantitative estimate of drug-likeness (QED) is 0.0840. The lowest BCUT2D eigenvalue weighted by molar-refractivity contribution is 0.663. The Morgan fingerprint density at radius 3 is 1.53 bits per heavy atom. The number of rotatable bonds is 8. The minimum absolute atomic E-state index is 0.150. The van der Waals surface area contributed by atoms with E-state index in [4.69, 9.17) is 0 Å². The summed E-state index contributed by atoms with van der Waals surface area (Å²) < 4.78 is 2.46. The summed E-state index contributed by atoms with van der Waals surface area (Å²) in [6.45, 7) is 4.79. The molecule has 0 amide bonds. The number of hydrogen-bond donors (Lipinski definition) is 0. The van der Waals surface area contributed by atoms with Gasteiger partial charge < -0.3 is 9.47 Å². The molecule has 312 valence electrons. The third-order valence-corrected chi connectivity index (χ3v) is 19.4. The first-order valence-corrected chi connectivity index (χ1v) is 25.1. The number of para-hydroxylation sites is 1. The molecule has 0 radical (unpaired) electrons. The molecule has 1 aliphatic rings. The third-order valence-electron chi connectivity index (χ3n) is 14.6. The van der Waals surface area contributed by atoms with Gasteiger partial charge in [0.05, 0.1) is 11.0 Å². The van der Waals surface area contributed by atoms with E-state index in [1.54, 1.807) is 0 Å². The number of aromatic nitrogens is 1. The molecular weight excluding hydrogens is 813 g/mol. The summed E-state index contributed by atoms with van der Waals surface area (Å²) in [6, 6.07) is 91.1. The highest BCUT2D eigenvalue weighted by Gasteiger charge is 2.42. The van der Waals surface area contributed by atoms with E-state index in [-0.39, 0.29) is 5.41 Å². The summed E-state index contributed by atoms with van der Waals surface area (Å²) in [4.78, 5) is 2.50. The van der Waals surface area contributed by atoms with E-state index in [9.17, 15) is 0 Å². The van der Waals surface area contributed by atoms with Gasteiger partial charge in [-0.1, -0.05) is 196 Å². The Hall–Kier alpha value is -7.98. The van der Waals surface area contributed by atoms with Gasteiger partial charge in [0.1, 0.15) is 0 Å². The summed E-state index contributed by atoms with van der Waals surface area (Å²) in [7, 11) is -2.82. The van der Waals surface area contributed by atoms with Crippen LogP contribution < -0.4 is 25.6 Å². The van der Waals surface area contributed by atoms with Crippen molar-refractivity contribution >= 4 is 100 Å². The first-order valence-electron chi connectivity index (χ1n) is 23.1. The van der Waals surface area contributed by atoms with Crippen molar-refractivity contribution < 1.29 is 0 Å². The van der Waals surface area contributed by atoms with Gasteiger partial charge in [0, 0.05) is 38.9 Å². The molecule has 66 heavy (non-hydrogen) atoms. The average Bonchev–Trinajstić information content (AvgIpc) is 3.82. The molecule has 0 atom stereocenters. The number of nitrogens with zero attached hydrogens (tertiary/aromatic N) is 2. The Kier molecular flexibility index (Phi) is 8.62. The van der Waals surface area contributed by atoms with Gasteiger partial charge in [0.2, 0.25) is 0 Å². The van der Waals surface area contributed by atoms with Crippen LogP contribution in [0.5, 0.6) is 0 Å². The summed E-state index contributed by atoms with van der Waals surface area (Å²) in [5.41, 5.74) is 9.55. The molecule has 3 heteroatoms. The van der Waals surface area contributed by atoms with Crippen molar-refractivity contribution in [3.05, 3.63) is 254 Å². The monoisotopic (exact) mass is 858 g/mol. The Bertz CT molecular complexity index is 3740. The minimum Gasteiger partial charge on any atom is -0.310 e. The van der Waals surface area contributed by atoms with E-state index >= 15 is 0 Å². The van der Waals surface area contributed by atoms with E-state index in [0.29, 0.717) is 0 Å². The zero-order chi connectivity index (χ0) is 44.0. The van der Waals surface area contributed by atoms with Gasteiger partial charge in [-0.25, -0.2) is 0 Å². The summed E-state index contributed by atoms with van der Waals surface area (Å²) >= 11 is 0. The maximum atomic E-state index is 2.54. The van der Waals surface area contributed by atoms with Gasteiger partial charge in [-0.2, -0.15) is 0 Å². The molecule has 0 aliphatic heterocycles. The van der Waals surface area contributed by atoms with Crippen LogP contribution in [0.2, 0.25) is 0 Å². The lowest BCUT2D eigenvalue weighted by atomic mass is 9.81. The van der Waals surface area contributed by atoms with Crippen LogP contribution in [-0.2, 0) is 5.41 Å². The highest BCUT2D eigenvalue weighted by Crippen LogP contribution is 2.51. The first kappa shape index (κ1) is 38.5. The van der Waals surface area contributed by atoms with Crippen molar-refractivity contribution in [1.82, 2.24) is 4.57 Å². The molecule has 12 aromatic rings. The molecule has 0 spiro atoms. The van der Waals surface area contributed by atoms with Gasteiger partial charge in [-0.05, 0) is 125 Å². The van der Waals surface area contributed by atoms with Crippen molar-refractivity contribution in [1.29, 1.82) is 0 Å². The second-order valence-electron chi connectivity index (χ2n) is 18.5. The molecule has 1 aromatic heterocycles. The van der Waals surface area contributed by atoms with Gasteiger partial charge in [-0.15, -0.1) is 0 Å². The molecule has 0 N–H and O–H groups in total. The fraction of sp³-hybridized carbons (Fsp3) is 0.0476. The average molecular weight is 859 g/mol. The molecule has 11 aromatic carbocycles. The SMILES string of the molecule is CC1(C)c2cccc3ccc4cc(N(c5ccc6ccccc6c5)c5ccc6c(c5)c5cc([Si](c7ccccc7)(c7ccccc7)c7ccccc7)ccc5n6-c5ccccc5)cc1c4c23. The fourth-order valence-electron chi connectivity index (χ4n) is 11.6. The van der Waals surface area contributed by atoms with Crippen molar-refractivity contribution in [3.63, 3.8) is 0 Å². The zero-order valence-corrected chi connectivity index (χ0v) is 38.0. The van der Waals surface area contributed by atoms with Crippen LogP contribution >= 0.6 is 0 Å². The lowest BCUT2D eigenvalue weighted by Crippen LogP contribution is -2.74. The summed E-state index contributed by atoms with van der Waals surface area (Å²) in [6.07, 6.45) is 0. The van der Waals surface area contributed by atoms with Crippen LogP contribution in [0.4, 0.5) is 17.1 Å². The number of fused-ring (bicyclic) bond motifs is 4. The highest BCUT2D eigenvalue weighted by molar-refractivity contribution is 7.20. The Morgan fingerprint density at radius 1 is 0.348 bits per heavy atom. The molecule has 1 aliphatic carbocycles. The Balaban J connectivity index is 1.11. The standard InChI is InChI=1S/C63H46N2Si/c1-63(2)57-29-17-20-44-30-31-46-39-50(41-58(63)62(46)61(44)57)64(48-33-32-43-18-15-16-19-45(43)38-48)49-34-36-59-55(40-49)56-42-54(35-37-60(56)65(59)47-21-7-3-8-22-47)66(51-23-9-4-10-24-51,52-25-11-5-12-26-52)53-27-13-6-14-28-53/h3-42H,1-2H3. The molecule has 0 saturated carbocycles. The highest BCUT2D eigenvalue weighted by atomic mass is 28.3. The largest absolute Gasteiger partial charge is 0.310 e. The normalized spacial score (nSPS) is 13.1. The predicted molar refractivity (Wildman–Crippen MR) is 284 cm³/mol. The van der Waals surface area contributed by atoms with E-state index in [2.05, 4.69) is 266 Å².